The first kappa shape index (κ1) is 18.6. The topological polar surface area (TPSA) is 87.7 Å². The smallest absolute Gasteiger partial charge is 0.409 e. The number of aromatic nitrogens is 2. The predicted molar refractivity (Wildman–Crippen MR) is 96.2 cm³/mol. The van der Waals surface area contributed by atoms with Crippen LogP contribution >= 0.6 is 0 Å². The van der Waals surface area contributed by atoms with Crippen LogP contribution in [0.5, 0.6) is 0 Å². The van der Waals surface area contributed by atoms with Gasteiger partial charge in [0.2, 0.25) is 0 Å². The molecule has 1 aromatic carbocycles. The molecule has 2 aromatic rings. The van der Waals surface area contributed by atoms with Crippen molar-refractivity contribution in [3.05, 3.63) is 47.9 Å². The van der Waals surface area contributed by atoms with Crippen LogP contribution in [0, 0.1) is 5.82 Å². The van der Waals surface area contributed by atoms with E-state index in [1.54, 1.807) is 41.0 Å². The number of carbonyl (C=O) groups excluding carboxylic acids is 2. The lowest BCUT2D eigenvalue weighted by Gasteiger charge is -2.33. The van der Waals surface area contributed by atoms with Gasteiger partial charge in [-0.15, -0.1) is 10.2 Å². The molecule has 0 spiro atoms. The molecule has 9 heteroatoms. The van der Waals surface area contributed by atoms with Crippen molar-refractivity contribution in [1.29, 1.82) is 0 Å². The van der Waals surface area contributed by atoms with Crippen molar-refractivity contribution in [2.45, 2.75) is 6.92 Å². The second-order valence-electron chi connectivity index (χ2n) is 5.91. The molecule has 142 valence electrons. The zero-order valence-electron chi connectivity index (χ0n) is 14.9. The Morgan fingerprint density at radius 3 is 2.30 bits per heavy atom. The maximum Gasteiger partial charge on any atom is 0.409 e. The molecule has 0 radical (unpaired) electrons. The van der Waals surface area contributed by atoms with Crippen LogP contribution in [-0.4, -0.2) is 64.8 Å². The second-order valence-corrected chi connectivity index (χ2v) is 5.91. The van der Waals surface area contributed by atoms with E-state index in [2.05, 4.69) is 15.5 Å². The maximum atomic E-state index is 12.9. The third-order valence-corrected chi connectivity index (χ3v) is 4.09. The van der Waals surface area contributed by atoms with Gasteiger partial charge in [-0.1, -0.05) is 0 Å². The summed E-state index contributed by atoms with van der Waals surface area (Å²) in [6.07, 6.45) is -0.361. The molecule has 8 nitrogen and oxygen atoms in total. The van der Waals surface area contributed by atoms with E-state index in [4.69, 9.17) is 4.74 Å². The van der Waals surface area contributed by atoms with E-state index in [0.29, 0.717) is 44.3 Å². The van der Waals surface area contributed by atoms with Gasteiger partial charge >= 0.3 is 6.09 Å². The Hall–Kier alpha value is -3.23. The molecule has 0 unspecified atom stereocenters. The zero-order valence-corrected chi connectivity index (χ0v) is 14.9. The minimum absolute atomic E-state index is 0.226. The van der Waals surface area contributed by atoms with E-state index in [1.165, 1.54) is 12.1 Å². The number of anilines is 2. The van der Waals surface area contributed by atoms with Gasteiger partial charge in [-0.2, -0.15) is 0 Å². The van der Waals surface area contributed by atoms with E-state index < -0.39 is 0 Å². The third-order valence-electron chi connectivity index (χ3n) is 4.09. The van der Waals surface area contributed by atoms with Crippen molar-refractivity contribution in [2.24, 2.45) is 0 Å². The summed E-state index contributed by atoms with van der Waals surface area (Å²) in [5, 5.41) is 10.9. The highest BCUT2D eigenvalue weighted by molar-refractivity contribution is 5.92. The number of hydrogen-bond donors (Lipinski definition) is 1. The molecule has 0 atom stereocenters. The predicted octanol–water partition coefficient (Wildman–Crippen LogP) is 2.27. The Morgan fingerprint density at radius 1 is 1.04 bits per heavy atom. The molecule has 1 N–H and O–H groups in total. The van der Waals surface area contributed by atoms with Gasteiger partial charge in [0, 0.05) is 31.9 Å². The number of halogens is 1. The fourth-order valence-corrected chi connectivity index (χ4v) is 2.66. The summed E-state index contributed by atoms with van der Waals surface area (Å²) >= 11 is 0. The van der Waals surface area contributed by atoms with Crippen LogP contribution in [-0.2, 0) is 4.74 Å². The number of nitrogens with one attached hydrogen (secondary N) is 1. The number of rotatable bonds is 4. The molecule has 1 fully saturated rings. The summed E-state index contributed by atoms with van der Waals surface area (Å²) in [6.45, 7) is 3.74. The molecule has 1 aliphatic rings. The number of nitrogens with zero attached hydrogens (tertiary/aromatic N) is 4. The normalized spacial score (nSPS) is 14.0. The quantitative estimate of drug-likeness (QED) is 0.885. The highest BCUT2D eigenvalue weighted by atomic mass is 19.1. The van der Waals surface area contributed by atoms with Gasteiger partial charge in [0.25, 0.3) is 5.91 Å². The van der Waals surface area contributed by atoms with Gasteiger partial charge in [0.15, 0.2) is 11.5 Å². The Labute approximate surface area is 155 Å². The molecule has 2 heterocycles. The lowest BCUT2D eigenvalue weighted by atomic mass is 10.2. The van der Waals surface area contributed by atoms with Gasteiger partial charge < -0.3 is 19.9 Å². The number of hydrogen-bond acceptors (Lipinski definition) is 6. The van der Waals surface area contributed by atoms with Crippen LogP contribution < -0.4 is 5.32 Å². The summed E-state index contributed by atoms with van der Waals surface area (Å²) in [5.74, 6) is -0.111. The molecule has 0 aliphatic carbocycles. The van der Waals surface area contributed by atoms with Crippen LogP contribution in [0.2, 0.25) is 0 Å². The summed E-state index contributed by atoms with van der Waals surface area (Å²) in [7, 11) is 0. The fraction of sp³-hybridized carbons (Fsp3) is 0.333. The highest BCUT2D eigenvalue weighted by Crippen LogP contribution is 2.15. The molecular formula is C18H20FN5O3. The molecule has 2 amide bonds. The largest absolute Gasteiger partial charge is 0.450 e. The molecule has 27 heavy (non-hydrogen) atoms. The maximum absolute atomic E-state index is 12.9. The molecule has 1 saturated heterocycles. The Balaban J connectivity index is 1.56. The first-order chi connectivity index (χ1) is 13.1. The summed E-state index contributed by atoms with van der Waals surface area (Å²) in [6, 6.07) is 9.06. The highest BCUT2D eigenvalue weighted by Gasteiger charge is 2.26. The van der Waals surface area contributed by atoms with Crippen LogP contribution in [0.3, 0.4) is 0 Å². The summed E-state index contributed by atoms with van der Waals surface area (Å²) < 4.78 is 17.9. The Morgan fingerprint density at radius 2 is 1.70 bits per heavy atom. The third kappa shape index (κ3) is 4.69. The van der Waals surface area contributed by atoms with Crippen LogP contribution in [0.15, 0.2) is 36.4 Å². The van der Waals surface area contributed by atoms with Gasteiger partial charge in [0.05, 0.1) is 6.61 Å². The Bertz CT molecular complexity index is 790. The van der Waals surface area contributed by atoms with Gasteiger partial charge in [-0.05, 0) is 43.3 Å². The summed E-state index contributed by atoms with van der Waals surface area (Å²) in [5.41, 5.74) is 0.893. The van der Waals surface area contributed by atoms with Crippen LogP contribution in [0.25, 0.3) is 0 Å². The molecule has 1 aromatic heterocycles. The molecule has 0 bridgehead atoms. The first-order valence-corrected chi connectivity index (χ1v) is 8.64. The lowest BCUT2D eigenvalue weighted by molar-refractivity contribution is 0.0565. The average molecular weight is 373 g/mol. The van der Waals surface area contributed by atoms with Crippen molar-refractivity contribution < 1.29 is 18.7 Å². The minimum atomic E-state index is -0.361. The molecule has 3 rings (SSSR count). The van der Waals surface area contributed by atoms with Crippen molar-refractivity contribution in [3.8, 4) is 0 Å². The van der Waals surface area contributed by atoms with Gasteiger partial charge in [0.1, 0.15) is 5.82 Å². The van der Waals surface area contributed by atoms with Gasteiger partial charge in [-0.3, -0.25) is 4.79 Å². The number of ether oxygens (including phenoxy) is 1. The van der Waals surface area contributed by atoms with Crippen molar-refractivity contribution in [3.63, 3.8) is 0 Å². The van der Waals surface area contributed by atoms with E-state index in [-0.39, 0.29) is 23.5 Å². The zero-order chi connectivity index (χ0) is 19.2. The molecule has 1 aliphatic heterocycles. The van der Waals surface area contributed by atoms with Crippen molar-refractivity contribution >= 4 is 23.5 Å². The van der Waals surface area contributed by atoms with Crippen molar-refractivity contribution in [1.82, 2.24) is 20.0 Å². The first-order valence-electron chi connectivity index (χ1n) is 8.64. The standard InChI is InChI=1S/C18H20FN5O3/c1-2-27-18(26)24-11-9-23(10-12-24)17(25)15-7-8-16(22-21-15)20-14-5-3-13(19)4-6-14/h3-8H,2,9-12H2,1H3,(H,20,22). The monoisotopic (exact) mass is 373 g/mol. The van der Waals surface area contributed by atoms with E-state index in [0.717, 1.165) is 0 Å². The Kier molecular flexibility index (Phi) is 5.80. The minimum Gasteiger partial charge on any atom is -0.450 e. The number of piperazine rings is 1. The number of benzene rings is 1. The number of carbonyl (C=O) groups is 2. The van der Waals surface area contributed by atoms with Gasteiger partial charge in [-0.25, -0.2) is 9.18 Å². The van der Waals surface area contributed by atoms with E-state index in [1.807, 2.05) is 0 Å². The molecular weight excluding hydrogens is 353 g/mol. The lowest BCUT2D eigenvalue weighted by Crippen LogP contribution is -2.50. The van der Waals surface area contributed by atoms with E-state index >= 15 is 0 Å². The van der Waals surface area contributed by atoms with E-state index in [9.17, 15) is 14.0 Å². The molecule has 0 saturated carbocycles. The average Bonchev–Trinajstić information content (AvgIpc) is 2.70. The van der Waals surface area contributed by atoms with Crippen LogP contribution in [0.1, 0.15) is 17.4 Å². The summed E-state index contributed by atoms with van der Waals surface area (Å²) in [4.78, 5) is 27.4. The fourth-order valence-electron chi connectivity index (χ4n) is 2.66. The number of amides is 2. The SMILES string of the molecule is CCOC(=O)N1CCN(C(=O)c2ccc(Nc3ccc(F)cc3)nn2)CC1. The second kappa shape index (κ2) is 8.43. The van der Waals surface area contributed by atoms with Crippen molar-refractivity contribution in [2.75, 3.05) is 38.1 Å². The van der Waals surface area contributed by atoms with Crippen LogP contribution in [0.4, 0.5) is 20.7 Å².